The number of aromatic nitrogens is 5. The van der Waals surface area contributed by atoms with Crippen LogP contribution in [0.25, 0.3) is 11.5 Å². The zero-order chi connectivity index (χ0) is 23.2. The van der Waals surface area contributed by atoms with Gasteiger partial charge in [0, 0.05) is 18.8 Å². The van der Waals surface area contributed by atoms with E-state index in [1.54, 1.807) is 17.0 Å². The summed E-state index contributed by atoms with van der Waals surface area (Å²) in [7, 11) is 0. The molecule has 0 spiro atoms. The normalized spacial score (nSPS) is 21.9. The van der Waals surface area contributed by atoms with Gasteiger partial charge < -0.3 is 10.2 Å². The highest BCUT2D eigenvalue weighted by Gasteiger charge is 2.47. The van der Waals surface area contributed by atoms with Gasteiger partial charge in [-0.1, -0.05) is 0 Å². The van der Waals surface area contributed by atoms with Crippen molar-refractivity contribution < 1.29 is 22.4 Å². The van der Waals surface area contributed by atoms with Gasteiger partial charge in [-0.25, -0.2) is 24.3 Å². The van der Waals surface area contributed by atoms with Gasteiger partial charge in [0.2, 0.25) is 0 Å². The minimum Gasteiger partial charge on any atom is -0.364 e. The molecule has 1 N–H and O–H groups in total. The molecule has 1 aliphatic heterocycles. The van der Waals surface area contributed by atoms with Gasteiger partial charge in [0.15, 0.2) is 17.3 Å². The van der Waals surface area contributed by atoms with Gasteiger partial charge in [0.05, 0.1) is 36.4 Å². The third-order valence-electron chi connectivity index (χ3n) is 5.89. The molecule has 2 fully saturated rings. The third-order valence-corrected chi connectivity index (χ3v) is 5.89. The molecule has 1 saturated heterocycles. The van der Waals surface area contributed by atoms with Crippen molar-refractivity contribution in [2.45, 2.75) is 31.1 Å². The van der Waals surface area contributed by atoms with Gasteiger partial charge in [-0.15, -0.1) is 0 Å². The number of nitrogens with one attached hydrogen (secondary N) is 1. The second-order valence-corrected chi connectivity index (χ2v) is 8.02. The summed E-state index contributed by atoms with van der Waals surface area (Å²) < 4.78 is 51.4. The summed E-state index contributed by atoms with van der Waals surface area (Å²) in [6, 6.07) is 2.89. The number of pyridine rings is 1. The van der Waals surface area contributed by atoms with E-state index in [1.165, 1.54) is 6.20 Å². The van der Waals surface area contributed by atoms with Crippen LogP contribution in [0.15, 0.2) is 43.1 Å². The number of nitrogens with zero attached hydrogens (tertiary/aromatic N) is 6. The van der Waals surface area contributed by atoms with Gasteiger partial charge >= 0.3 is 6.18 Å². The van der Waals surface area contributed by atoms with Gasteiger partial charge in [-0.05, 0) is 30.9 Å². The molecular formula is C21H17F4N7O. The number of hydrogen-bond acceptors (Lipinski definition) is 7. The van der Waals surface area contributed by atoms with E-state index in [9.17, 15) is 22.4 Å². The summed E-state index contributed by atoms with van der Waals surface area (Å²) in [5, 5.41) is 3.12. The van der Waals surface area contributed by atoms with E-state index in [2.05, 4.69) is 30.2 Å². The lowest BCUT2D eigenvalue weighted by Gasteiger charge is -2.34. The number of rotatable bonds is 4. The molecule has 5 rings (SSSR count). The first-order chi connectivity index (χ1) is 15.8. The lowest BCUT2D eigenvalue weighted by atomic mass is 10.0. The van der Waals surface area contributed by atoms with E-state index in [0.717, 1.165) is 31.4 Å². The van der Waals surface area contributed by atoms with Crippen molar-refractivity contribution in [1.29, 1.82) is 0 Å². The average molecular weight is 459 g/mol. The summed E-state index contributed by atoms with van der Waals surface area (Å²) >= 11 is 0. The lowest BCUT2D eigenvalue weighted by Crippen LogP contribution is -2.48. The van der Waals surface area contributed by atoms with Crippen molar-refractivity contribution in [1.82, 2.24) is 29.8 Å². The van der Waals surface area contributed by atoms with Crippen LogP contribution < -0.4 is 5.32 Å². The fourth-order valence-corrected chi connectivity index (χ4v) is 4.50. The zero-order valence-corrected chi connectivity index (χ0v) is 17.0. The Kier molecular flexibility index (Phi) is 5.14. The molecular weight excluding hydrogens is 442 g/mol. The summed E-state index contributed by atoms with van der Waals surface area (Å²) in [6.07, 6.45) is 2.22. The third kappa shape index (κ3) is 4.08. The Morgan fingerprint density at radius 1 is 1.03 bits per heavy atom. The van der Waals surface area contributed by atoms with Crippen LogP contribution in [0.1, 0.15) is 28.9 Å². The molecule has 3 atom stereocenters. The van der Waals surface area contributed by atoms with Crippen LogP contribution >= 0.6 is 0 Å². The minimum atomic E-state index is -4.56. The molecule has 3 aromatic rings. The van der Waals surface area contributed by atoms with Crippen molar-refractivity contribution in [3.8, 4) is 11.5 Å². The zero-order valence-electron chi connectivity index (χ0n) is 17.0. The predicted octanol–water partition coefficient (Wildman–Crippen LogP) is 3.20. The first-order valence-corrected chi connectivity index (χ1v) is 10.2. The number of halogens is 4. The quantitative estimate of drug-likeness (QED) is 0.599. The molecule has 8 nitrogen and oxygen atoms in total. The fraction of sp³-hybridized carbons (Fsp3) is 0.333. The second-order valence-electron chi connectivity index (χ2n) is 8.02. The van der Waals surface area contributed by atoms with Crippen LogP contribution in [0.2, 0.25) is 0 Å². The highest BCUT2D eigenvalue weighted by Crippen LogP contribution is 2.40. The number of amides is 1. The molecule has 3 aromatic heterocycles. The number of piperidine rings is 1. The van der Waals surface area contributed by atoms with E-state index in [-0.39, 0.29) is 41.2 Å². The van der Waals surface area contributed by atoms with E-state index in [4.69, 9.17) is 0 Å². The maximum Gasteiger partial charge on any atom is 0.434 e. The minimum absolute atomic E-state index is 0.138. The topological polar surface area (TPSA) is 96.8 Å². The van der Waals surface area contributed by atoms with Crippen LogP contribution in [0.3, 0.4) is 0 Å². The Bertz CT molecular complexity index is 1170. The Morgan fingerprint density at radius 2 is 1.82 bits per heavy atom. The molecule has 2 bridgehead atoms. The van der Waals surface area contributed by atoms with Crippen molar-refractivity contribution >= 4 is 11.7 Å². The summed E-state index contributed by atoms with van der Waals surface area (Å²) in [6.45, 7) is 0.555. The van der Waals surface area contributed by atoms with Crippen molar-refractivity contribution in [2.75, 3.05) is 11.9 Å². The van der Waals surface area contributed by atoms with Crippen LogP contribution in [0, 0.1) is 11.7 Å². The number of alkyl halides is 3. The van der Waals surface area contributed by atoms with Crippen molar-refractivity contribution in [2.24, 2.45) is 5.92 Å². The van der Waals surface area contributed by atoms with Gasteiger partial charge in [0.1, 0.15) is 11.5 Å². The second kappa shape index (κ2) is 8.01. The highest BCUT2D eigenvalue weighted by atomic mass is 19.4. The summed E-state index contributed by atoms with van der Waals surface area (Å²) in [5.41, 5.74) is -0.516. The largest absolute Gasteiger partial charge is 0.434 e. The van der Waals surface area contributed by atoms with Crippen LogP contribution in [0.4, 0.5) is 23.4 Å². The molecule has 170 valence electrons. The molecule has 2 aliphatic rings. The van der Waals surface area contributed by atoms with Crippen molar-refractivity contribution in [3.05, 3.63) is 60.2 Å². The number of fused-ring (bicyclic) bond motifs is 2. The number of carbonyl (C=O) groups excluding carboxylic acids is 1. The SMILES string of the molecule is O=C(c1cccnc1-c1ncc(F)cn1)N1C[C@H]2C[C@@H](Nc3cnc(C(F)(F)F)cn3)[C@@H]1C2. The molecule has 12 heteroatoms. The Morgan fingerprint density at radius 3 is 2.48 bits per heavy atom. The highest BCUT2D eigenvalue weighted by molar-refractivity contribution is 5.99. The van der Waals surface area contributed by atoms with E-state index >= 15 is 0 Å². The Labute approximate surface area is 185 Å². The van der Waals surface area contributed by atoms with Crippen LogP contribution in [0.5, 0.6) is 0 Å². The number of likely N-dealkylation sites (tertiary alicyclic amines) is 1. The predicted molar refractivity (Wildman–Crippen MR) is 107 cm³/mol. The molecule has 1 saturated carbocycles. The van der Waals surface area contributed by atoms with Gasteiger partial charge in [-0.2, -0.15) is 13.2 Å². The first kappa shape index (κ1) is 21.2. The van der Waals surface area contributed by atoms with Crippen molar-refractivity contribution in [3.63, 3.8) is 0 Å². The van der Waals surface area contributed by atoms with Gasteiger partial charge in [-0.3, -0.25) is 9.78 Å². The number of carbonyl (C=O) groups is 1. The molecule has 0 unspecified atom stereocenters. The number of hydrogen-bond donors (Lipinski definition) is 1. The van der Waals surface area contributed by atoms with E-state index in [0.29, 0.717) is 18.3 Å². The summed E-state index contributed by atoms with van der Waals surface area (Å²) in [4.78, 5) is 34.5. The smallest absolute Gasteiger partial charge is 0.364 e. The molecule has 1 aliphatic carbocycles. The fourth-order valence-electron chi connectivity index (χ4n) is 4.50. The van der Waals surface area contributed by atoms with Crippen LogP contribution in [-0.2, 0) is 6.18 Å². The van der Waals surface area contributed by atoms with E-state index < -0.39 is 17.7 Å². The molecule has 1 amide bonds. The maximum absolute atomic E-state index is 13.4. The molecule has 0 radical (unpaired) electrons. The average Bonchev–Trinajstić information content (AvgIpc) is 3.40. The van der Waals surface area contributed by atoms with Crippen LogP contribution in [-0.4, -0.2) is 54.4 Å². The van der Waals surface area contributed by atoms with Gasteiger partial charge in [0.25, 0.3) is 5.91 Å². The maximum atomic E-state index is 13.4. The Balaban J connectivity index is 1.35. The Hall–Kier alpha value is -3.70. The monoisotopic (exact) mass is 459 g/mol. The molecule has 33 heavy (non-hydrogen) atoms. The molecule has 4 heterocycles. The van der Waals surface area contributed by atoms with E-state index in [1.807, 2.05) is 0 Å². The lowest BCUT2D eigenvalue weighted by molar-refractivity contribution is -0.141. The number of anilines is 1. The first-order valence-electron chi connectivity index (χ1n) is 10.2. The summed E-state index contributed by atoms with van der Waals surface area (Å²) in [5.74, 6) is -0.251. The molecule has 0 aromatic carbocycles. The standard InChI is InChI=1S/C21H17F4N7O/c22-12-6-29-19(30-7-12)18-13(2-1-3-26-18)20(33)32-10-11-4-14(15(32)5-11)31-17-9-27-16(8-28-17)21(23,24)25/h1-3,6-9,11,14-15H,4-5,10H2,(H,28,31)/t11-,14+,15-/m0/s1.